The van der Waals surface area contributed by atoms with Gasteiger partial charge in [0.05, 0.1) is 0 Å². The van der Waals surface area contributed by atoms with E-state index in [0.717, 1.165) is 52.2 Å². The summed E-state index contributed by atoms with van der Waals surface area (Å²) in [4.78, 5) is 5.02. The SMILES string of the molecule is C=CCN(CC=C)C(CN1CCNCC1)c1ccc(CC)cc1. The van der Waals surface area contributed by atoms with E-state index >= 15 is 0 Å². The molecule has 1 N–H and O–H groups in total. The van der Waals surface area contributed by atoms with Gasteiger partial charge < -0.3 is 5.32 Å². The largest absolute Gasteiger partial charge is 0.314 e. The number of piperazine rings is 1. The number of aryl methyl sites for hydroxylation is 1. The van der Waals surface area contributed by atoms with Crippen molar-refractivity contribution in [3.8, 4) is 0 Å². The van der Waals surface area contributed by atoms with Gasteiger partial charge in [0.2, 0.25) is 0 Å². The molecule has 1 heterocycles. The highest BCUT2D eigenvalue weighted by atomic mass is 15.2. The monoisotopic (exact) mass is 313 g/mol. The predicted molar refractivity (Wildman–Crippen MR) is 99.8 cm³/mol. The first-order valence-electron chi connectivity index (χ1n) is 8.76. The molecule has 0 spiro atoms. The quantitative estimate of drug-likeness (QED) is 0.707. The molecule has 126 valence electrons. The summed E-state index contributed by atoms with van der Waals surface area (Å²) in [5.41, 5.74) is 2.79. The Morgan fingerprint density at radius 3 is 2.26 bits per heavy atom. The topological polar surface area (TPSA) is 18.5 Å². The summed E-state index contributed by atoms with van der Waals surface area (Å²) in [6, 6.07) is 9.51. The van der Waals surface area contributed by atoms with Crippen LogP contribution in [0.1, 0.15) is 24.1 Å². The minimum Gasteiger partial charge on any atom is -0.314 e. The third-order valence-corrected chi connectivity index (χ3v) is 4.58. The van der Waals surface area contributed by atoms with Crippen LogP contribution in [0.3, 0.4) is 0 Å². The van der Waals surface area contributed by atoms with E-state index in [1.54, 1.807) is 0 Å². The fourth-order valence-electron chi connectivity index (χ4n) is 3.21. The van der Waals surface area contributed by atoms with E-state index in [1.165, 1.54) is 11.1 Å². The van der Waals surface area contributed by atoms with Crippen LogP contribution in [0, 0.1) is 0 Å². The number of hydrogen-bond donors (Lipinski definition) is 1. The van der Waals surface area contributed by atoms with Crippen molar-refractivity contribution in [1.29, 1.82) is 0 Å². The Kier molecular flexibility index (Phi) is 7.53. The highest BCUT2D eigenvalue weighted by Crippen LogP contribution is 2.23. The molecule has 1 fully saturated rings. The lowest BCUT2D eigenvalue weighted by Gasteiger charge is -2.36. The average Bonchev–Trinajstić information content (AvgIpc) is 2.61. The van der Waals surface area contributed by atoms with Gasteiger partial charge in [0, 0.05) is 51.9 Å². The number of rotatable bonds is 9. The van der Waals surface area contributed by atoms with Crippen molar-refractivity contribution in [2.45, 2.75) is 19.4 Å². The van der Waals surface area contributed by atoms with Gasteiger partial charge >= 0.3 is 0 Å². The van der Waals surface area contributed by atoms with Gasteiger partial charge in [-0.05, 0) is 17.5 Å². The number of nitrogens with one attached hydrogen (secondary N) is 1. The first-order valence-corrected chi connectivity index (χ1v) is 8.76. The van der Waals surface area contributed by atoms with Crippen LogP contribution in [-0.4, -0.2) is 55.6 Å². The van der Waals surface area contributed by atoms with E-state index in [0.29, 0.717) is 6.04 Å². The molecule has 1 unspecified atom stereocenters. The van der Waals surface area contributed by atoms with Crippen LogP contribution in [0.15, 0.2) is 49.6 Å². The van der Waals surface area contributed by atoms with Gasteiger partial charge in [-0.3, -0.25) is 9.80 Å². The molecule has 0 bridgehead atoms. The highest BCUT2D eigenvalue weighted by molar-refractivity contribution is 5.26. The normalized spacial score (nSPS) is 17.1. The van der Waals surface area contributed by atoms with E-state index < -0.39 is 0 Å². The molecule has 1 aliphatic rings. The van der Waals surface area contributed by atoms with E-state index in [4.69, 9.17) is 0 Å². The lowest BCUT2D eigenvalue weighted by Crippen LogP contribution is -2.47. The maximum Gasteiger partial charge on any atom is 0.0481 e. The minimum absolute atomic E-state index is 0.384. The van der Waals surface area contributed by atoms with Crippen molar-refractivity contribution in [3.05, 3.63) is 60.7 Å². The summed E-state index contributed by atoms with van der Waals surface area (Å²) in [6.07, 6.45) is 5.08. The summed E-state index contributed by atoms with van der Waals surface area (Å²) in [5, 5.41) is 3.43. The van der Waals surface area contributed by atoms with Crippen molar-refractivity contribution in [2.75, 3.05) is 45.8 Å². The van der Waals surface area contributed by atoms with E-state index in [2.05, 4.69) is 59.5 Å². The molecule has 23 heavy (non-hydrogen) atoms. The van der Waals surface area contributed by atoms with Crippen LogP contribution in [0.5, 0.6) is 0 Å². The second-order valence-electron chi connectivity index (χ2n) is 6.19. The first kappa shape index (κ1) is 17.9. The Balaban J connectivity index is 2.19. The molecule has 1 aromatic carbocycles. The smallest absolute Gasteiger partial charge is 0.0481 e. The Bertz CT molecular complexity index is 464. The Morgan fingerprint density at radius 1 is 1.13 bits per heavy atom. The fraction of sp³-hybridized carbons (Fsp3) is 0.500. The molecule has 0 aromatic heterocycles. The molecule has 2 rings (SSSR count). The van der Waals surface area contributed by atoms with E-state index in [9.17, 15) is 0 Å². The predicted octanol–water partition coefficient (Wildman–Crippen LogP) is 2.87. The number of benzene rings is 1. The molecule has 3 heteroatoms. The van der Waals surface area contributed by atoms with Crippen molar-refractivity contribution in [3.63, 3.8) is 0 Å². The van der Waals surface area contributed by atoms with Gasteiger partial charge in [0.1, 0.15) is 0 Å². The number of nitrogens with zero attached hydrogens (tertiary/aromatic N) is 2. The zero-order valence-electron chi connectivity index (χ0n) is 14.5. The average molecular weight is 313 g/mol. The van der Waals surface area contributed by atoms with Crippen LogP contribution in [0.2, 0.25) is 0 Å². The third-order valence-electron chi connectivity index (χ3n) is 4.58. The summed E-state index contributed by atoms with van der Waals surface area (Å²) in [5.74, 6) is 0. The van der Waals surface area contributed by atoms with Crippen molar-refractivity contribution in [1.82, 2.24) is 15.1 Å². The van der Waals surface area contributed by atoms with Crippen molar-refractivity contribution in [2.24, 2.45) is 0 Å². The lowest BCUT2D eigenvalue weighted by atomic mass is 10.0. The minimum atomic E-state index is 0.384. The van der Waals surface area contributed by atoms with Crippen molar-refractivity contribution >= 4 is 0 Å². The zero-order chi connectivity index (χ0) is 16.5. The number of hydrogen-bond acceptors (Lipinski definition) is 3. The Hall–Kier alpha value is -1.42. The summed E-state index contributed by atoms with van der Waals surface area (Å²) >= 11 is 0. The van der Waals surface area contributed by atoms with Crippen LogP contribution in [-0.2, 0) is 6.42 Å². The maximum absolute atomic E-state index is 3.93. The highest BCUT2D eigenvalue weighted by Gasteiger charge is 2.22. The van der Waals surface area contributed by atoms with Crippen LogP contribution in [0.4, 0.5) is 0 Å². The van der Waals surface area contributed by atoms with Crippen LogP contribution in [0.25, 0.3) is 0 Å². The van der Waals surface area contributed by atoms with Gasteiger partial charge in [-0.1, -0.05) is 43.3 Å². The molecule has 0 aliphatic carbocycles. The molecule has 0 amide bonds. The van der Waals surface area contributed by atoms with Gasteiger partial charge in [-0.15, -0.1) is 13.2 Å². The molecule has 0 saturated carbocycles. The molecule has 1 atom stereocenters. The lowest BCUT2D eigenvalue weighted by molar-refractivity contribution is 0.149. The standard InChI is InChI=1S/C20H31N3/c1-4-13-23(14-5-2)20(17-22-15-11-21-12-16-22)19-9-7-18(6-3)8-10-19/h4-5,7-10,20-21H,1-2,6,11-17H2,3H3. The molecule has 1 aliphatic heterocycles. The maximum atomic E-state index is 3.93. The summed E-state index contributed by atoms with van der Waals surface area (Å²) in [7, 11) is 0. The first-order chi connectivity index (χ1) is 11.3. The van der Waals surface area contributed by atoms with E-state index in [-0.39, 0.29) is 0 Å². The molecular formula is C20H31N3. The Labute approximate surface area is 141 Å². The van der Waals surface area contributed by atoms with Gasteiger partial charge in [0.15, 0.2) is 0 Å². The fourth-order valence-corrected chi connectivity index (χ4v) is 3.21. The Morgan fingerprint density at radius 2 is 1.74 bits per heavy atom. The molecule has 1 aromatic rings. The molecule has 3 nitrogen and oxygen atoms in total. The van der Waals surface area contributed by atoms with Crippen LogP contribution >= 0.6 is 0 Å². The van der Waals surface area contributed by atoms with Gasteiger partial charge in [0.25, 0.3) is 0 Å². The van der Waals surface area contributed by atoms with Gasteiger partial charge in [-0.2, -0.15) is 0 Å². The van der Waals surface area contributed by atoms with E-state index in [1.807, 2.05) is 12.2 Å². The molecule has 1 saturated heterocycles. The third kappa shape index (κ3) is 5.31. The summed E-state index contributed by atoms with van der Waals surface area (Å²) < 4.78 is 0. The molecule has 0 radical (unpaired) electrons. The van der Waals surface area contributed by atoms with Gasteiger partial charge in [-0.25, -0.2) is 0 Å². The second-order valence-corrected chi connectivity index (χ2v) is 6.19. The van der Waals surface area contributed by atoms with Crippen LogP contribution < -0.4 is 5.32 Å². The zero-order valence-corrected chi connectivity index (χ0v) is 14.5. The second kappa shape index (κ2) is 9.66. The molecular weight excluding hydrogens is 282 g/mol. The summed E-state index contributed by atoms with van der Waals surface area (Å²) in [6.45, 7) is 17.3. The van der Waals surface area contributed by atoms with Crippen molar-refractivity contribution < 1.29 is 0 Å².